The van der Waals surface area contributed by atoms with E-state index >= 15 is 0 Å². The first kappa shape index (κ1) is 45.4. The summed E-state index contributed by atoms with van der Waals surface area (Å²) in [5.74, 6) is -0.119. The predicted octanol–water partition coefficient (Wildman–Crippen LogP) is 8.12. The number of nitrogens with one attached hydrogen (secondary N) is 1. The average molecular weight is 860 g/mol. The van der Waals surface area contributed by atoms with E-state index in [1.54, 1.807) is 37.5 Å². The number of hydrogen-bond donors (Lipinski definition) is 3. The van der Waals surface area contributed by atoms with Crippen LogP contribution in [0.25, 0.3) is 0 Å². The van der Waals surface area contributed by atoms with E-state index in [4.69, 9.17) is 38.4 Å². The Balaban J connectivity index is 1.37. The summed E-state index contributed by atoms with van der Waals surface area (Å²) in [5, 5.41) is 27.6. The van der Waals surface area contributed by atoms with E-state index in [1.165, 1.54) is 7.11 Å². The number of methoxy groups -OCH3 is 2. The Kier molecular flexibility index (Phi) is 15.5. The molecule has 7 rings (SSSR count). The van der Waals surface area contributed by atoms with Gasteiger partial charge in [-0.3, -0.25) is 10.1 Å². The van der Waals surface area contributed by atoms with Crippen LogP contribution in [0.3, 0.4) is 0 Å². The number of nitrogens with zero attached hydrogens (tertiary/aromatic N) is 2. The summed E-state index contributed by atoms with van der Waals surface area (Å²) in [7, 11) is 3.07. The zero-order chi connectivity index (χ0) is 43.6. The number of oxime groups is 1. The number of ether oxygens (including phenoxy) is 6. The molecule has 2 amide bonds. The number of fused-ring (bicyclic) bond motifs is 2. The van der Waals surface area contributed by atoms with E-state index < -0.39 is 30.1 Å². The molecule has 2 aromatic carbocycles. The lowest BCUT2D eigenvalue weighted by atomic mass is 9.55. The van der Waals surface area contributed by atoms with E-state index in [2.05, 4.69) is 24.9 Å². The molecule has 2 aromatic rings. The molecule has 0 radical (unpaired) electrons. The van der Waals surface area contributed by atoms with E-state index in [0.717, 1.165) is 81.1 Å². The normalized spacial score (nSPS) is 26.9. The molecule has 0 spiro atoms. The SMILES string of the molecule is C=CCO[C@@]12Oc3ccc(OC(=O)Nc4ccc(OC)cc4OC)cc3[C@H]3[C@H](CCCCO)[C@@H](CCCCO)C=C(C(=NOC4CCCCO4)C[C@@H]1N(CCC)C(=O)C1CC1)[C@H]32. The first-order chi connectivity index (χ1) is 30.3. The fourth-order valence-electron chi connectivity index (χ4n) is 10.00. The van der Waals surface area contributed by atoms with Crippen LogP contribution in [0, 0.1) is 23.7 Å². The molecule has 338 valence electrons. The van der Waals surface area contributed by atoms with Crippen LogP contribution < -0.4 is 24.3 Å². The van der Waals surface area contributed by atoms with Crippen LogP contribution >= 0.6 is 0 Å². The molecule has 2 heterocycles. The van der Waals surface area contributed by atoms with Crippen LogP contribution in [0.4, 0.5) is 10.5 Å². The number of aliphatic hydroxyl groups is 2. The van der Waals surface area contributed by atoms with Gasteiger partial charge in [0.05, 0.1) is 44.8 Å². The molecule has 3 aliphatic carbocycles. The maximum Gasteiger partial charge on any atom is 0.417 e. The minimum absolute atomic E-state index is 0.0114. The van der Waals surface area contributed by atoms with Gasteiger partial charge in [-0.05, 0) is 106 Å². The summed E-state index contributed by atoms with van der Waals surface area (Å²) >= 11 is 0. The minimum Gasteiger partial charge on any atom is -0.497 e. The second-order valence-corrected chi connectivity index (χ2v) is 17.1. The molecule has 62 heavy (non-hydrogen) atoms. The Hall–Kier alpha value is -4.63. The Bertz CT molecular complexity index is 1930. The predicted molar refractivity (Wildman–Crippen MR) is 234 cm³/mol. The second-order valence-electron chi connectivity index (χ2n) is 17.1. The molecule has 3 N–H and O–H groups in total. The van der Waals surface area contributed by atoms with Crippen molar-refractivity contribution in [3.8, 4) is 23.0 Å². The number of rotatable bonds is 21. The molecule has 5 aliphatic rings. The van der Waals surface area contributed by atoms with Gasteiger partial charge >= 0.3 is 6.09 Å². The highest BCUT2D eigenvalue weighted by Crippen LogP contribution is 2.62. The van der Waals surface area contributed by atoms with E-state index in [0.29, 0.717) is 61.1 Å². The van der Waals surface area contributed by atoms with Gasteiger partial charge in [-0.2, -0.15) is 0 Å². The van der Waals surface area contributed by atoms with Crippen molar-refractivity contribution in [3.05, 3.63) is 66.3 Å². The topological polar surface area (TPSA) is 167 Å². The second kappa shape index (κ2) is 21.2. The van der Waals surface area contributed by atoms with Crippen LogP contribution in [-0.4, -0.2) is 98.1 Å². The smallest absolute Gasteiger partial charge is 0.417 e. The van der Waals surface area contributed by atoms with E-state index in [9.17, 15) is 19.8 Å². The fourth-order valence-corrected chi connectivity index (χ4v) is 10.00. The molecule has 7 atom stereocenters. The standard InChI is InChI=1S/C48H65N3O11/c1-5-22-51(46(54)31-16-17-31)42-30-39(50-62-43-15-9-12-26-58-43)36-27-32(13-7-10-23-52)35(14-8-11-24-53)44-37-28-34(19-21-40(37)61-48(42,45(36)44)59-25-6-2)60-47(55)49-38-20-18-33(56-3)29-41(38)57-4/h6,18-21,27-29,31-32,35,42-45,52-53H,2,5,7-17,22-26,30H2,1,3-4H3,(H,49,55)/t32-,35+,42-,43?,44+,45+,48+/m0/s1. The quantitative estimate of drug-likeness (QED) is 0.0630. The number of amides is 2. The lowest BCUT2D eigenvalue weighted by Crippen LogP contribution is -2.70. The largest absolute Gasteiger partial charge is 0.497 e. The minimum atomic E-state index is -1.35. The molecular formula is C48H65N3O11. The lowest BCUT2D eigenvalue weighted by Gasteiger charge is -2.60. The highest BCUT2D eigenvalue weighted by atomic mass is 16.8. The molecule has 14 nitrogen and oxygen atoms in total. The van der Waals surface area contributed by atoms with Crippen LogP contribution in [0.15, 0.2) is 65.9 Å². The Morgan fingerprint density at radius 2 is 1.79 bits per heavy atom. The van der Waals surface area contributed by atoms with Crippen LogP contribution in [0.2, 0.25) is 0 Å². The van der Waals surface area contributed by atoms with Crippen molar-refractivity contribution < 1.29 is 53.1 Å². The van der Waals surface area contributed by atoms with Crippen molar-refractivity contribution in [3.63, 3.8) is 0 Å². The Morgan fingerprint density at radius 3 is 2.48 bits per heavy atom. The molecule has 2 aliphatic heterocycles. The van der Waals surface area contributed by atoms with Crippen LogP contribution in [0.5, 0.6) is 23.0 Å². The number of unbranched alkanes of at least 4 members (excludes halogenated alkanes) is 2. The fraction of sp³-hybridized carbons (Fsp3) is 0.604. The number of aliphatic hydroxyl groups excluding tert-OH is 2. The summed E-state index contributed by atoms with van der Waals surface area (Å²) in [6, 6.07) is 9.95. The third kappa shape index (κ3) is 9.93. The molecule has 14 heteroatoms. The molecule has 1 unspecified atom stereocenters. The summed E-state index contributed by atoms with van der Waals surface area (Å²) < 4.78 is 37.2. The summed E-state index contributed by atoms with van der Waals surface area (Å²) in [6.45, 7) is 7.56. The number of anilines is 1. The Labute approximate surface area is 365 Å². The average Bonchev–Trinajstić information content (AvgIpc) is 4.15. The van der Waals surface area contributed by atoms with Crippen molar-refractivity contribution >= 4 is 23.4 Å². The van der Waals surface area contributed by atoms with E-state index in [1.807, 2.05) is 17.0 Å². The van der Waals surface area contributed by atoms with Crippen LogP contribution in [-0.2, 0) is 19.1 Å². The van der Waals surface area contributed by atoms with Crippen molar-refractivity contribution in [1.29, 1.82) is 0 Å². The maximum atomic E-state index is 14.5. The van der Waals surface area contributed by atoms with Gasteiger partial charge in [0.15, 0.2) is 0 Å². The van der Waals surface area contributed by atoms with Gasteiger partial charge in [0.2, 0.25) is 18.0 Å². The molecule has 2 saturated carbocycles. The van der Waals surface area contributed by atoms with Gasteiger partial charge in [0, 0.05) is 56.1 Å². The van der Waals surface area contributed by atoms with Gasteiger partial charge in [-0.1, -0.05) is 37.1 Å². The van der Waals surface area contributed by atoms with Crippen molar-refractivity contribution in [2.45, 2.75) is 114 Å². The zero-order valence-electron chi connectivity index (χ0n) is 36.6. The lowest BCUT2D eigenvalue weighted by molar-refractivity contribution is -0.258. The van der Waals surface area contributed by atoms with E-state index in [-0.39, 0.29) is 49.4 Å². The first-order valence-corrected chi connectivity index (χ1v) is 22.7. The molecule has 1 saturated heterocycles. The number of allylic oxidation sites excluding steroid dienone is 1. The number of carbonyl (C=O) groups excluding carboxylic acids is 2. The van der Waals surface area contributed by atoms with Gasteiger partial charge in [-0.15, -0.1) is 6.58 Å². The zero-order valence-corrected chi connectivity index (χ0v) is 36.6. The molecule has 3 fully saturated rings. The molecule has 0 aromatic heterocycles. The van der Waals surface area contributed by atoms with Gasteiger partial charge in [0.1, 0.15) is 29.0 Å². The van der Waals surface area contributed by atoms with Crippen LogP contribution in [0.1, 0.15) is 102 Å². The number of carbonyl (C=O) groups is 2. The van der Waals surface area contributed by atoms with Crippen molar-refractivity contribution in [1.82, 2.24) is 4.90 Å². The first-order valence-electron chi connectivity index (χ1n) is 22.7. The molecule has 0 bridgehead atoms. The van der Waals surface area contributed by atoms with Crippen molar-refractivity contribution in [2.24, 2.45) is 28.8 Å². The third-order valence-electron chi connectivity index (χ3n) is 13.0. The monoisotopic (exact) mass is 859 g/mol. The van der Waals surface area contributed by atoms with Gasteiger partial charge in [0.25, 0.3) is 0 Å². The summed E-state index contributed by atoms with van der Waals surface area (Å²) in [5.41, 5.74) is 2.93. The third-order valence-corrected chi connectivity index (χ3v) is 13.0. The summed E-state index contributed by atoms with van der Waals surface area (Å²) in [4.78, 5) is 36.2. The van der Waals surface area contributed by atoms with Gasteiger partial charge < -0.3 is 48.4 Å². The highest BCUT2D eigenvalue weighted by Gasteiger charge is 2.66. The summed E-state index contributed by atoms with van der Waals surface area (Å²) in [6.07, 6.45) is 12.8. The number of hydrogen-bond acceptors (Lipinski definition) is 12. The number of benzene rings is 2. The maximum absolute atomic E-state index is 14.5. The van der Waals surface area contributed by atoms with Gasteiger partial charge in [-0.25, -0.2) is 4.79 Å². The Morgan fingerprint density at radius 1 is 1.00 bits per heavy atom. The van der Waals surface area contributed by atoms with Crippen molar-refractivity contribution in [2.75, 3.05) is 52.5 Å². The highest BCUT2D eigenvalue weighted by molar-refractivity contribution is 6.03. The molecular weight excluding hydrogens is 795 g/mol.